The molecule has 0 radical (unpaired) electrons. The fraction of sp³-hybridized carbons (Fsp3) is 0.462. The molecule has 2 rings (SSSR count). The van der Waals surface area contributed by atoms with E-state index in [4.69, 9.17) is 4.74 Å². The average molecular weight is 273 g/mol. The Morgan fingerprint density at radius 3 is 2.58 bits per heavy atom. The van der Waals surface area contributed by atoms with Crippen LogP contribution in [0.15, 0.2) is 24.3 Å². The molecule has 1 aliphatic heterocycles. The third-order valence-electron chi connectivity index (χ3n) is 3.05. The molecule has 1 saturated heterocycles. The zero-order valence-corrected chi connectivity index (χ0v) is 10.2. The molecule has 1 fully saturated rings. The third-order valence-corrected chi connectivity index (χ3v) is 3.05. The fourth-order valence-corrected chi connectivity index (χ4v) is 1.98. The highest BCUT2D eigenvalue weighted by Gasteiger charge is 2.30. The second-order valence-electron chi connectivity index (χ2n) is 4.45. The molecule has 0 aliphatic carbocycles. The minimum absolute atomic E-state index is 0.173. The van der Waals surface area contributed by atoms with Crippen molar-refractivity contribution >= 4 is 11.6 Å². The predicted octanol–water partition coefficient (Wildman–Crippen LogP) is 3.07. The van der Waals surface area contributed by atoms with Crippen LogP contribution in [0.2, 0.25) is 0 Å². The van der Waals surface area contributed by atoms with Gasteiger partial charge in [-0.25, -0.2) is 0 Å². The first kappa shape index (κ1) is 13.9. The summed E-state index contributed by atoms with van der Waals surface area (Å²) >= 11 is 0. The minimum Gasteiger partial charge on any atom is -0.381 e. The lowest BCUT2D eigenvalue weighted by Crippen LogP contribution is -2.28. The summed E-state index contributed by atoms with van der Waals surface area (Å²) in [5.41, 5.74) is -0.594. The quantitative estimate of drug-likeness (QED) is 0.899. The first-order chi connectivity index (χ1) is 8.97. The second kappa shape index (κ2) is 5.61. The summed E-state index contributed by atoms with van der Waals surface area (Å²) in [5.74, 6) is -0.439. The standard InChI is InChI=1S/C13H14F3NO2/c14-13(15,16)10-2-1-3-11(8-10)17-12(18)9-4-6-19-7-5-9/h1-3,8-9H,4-7H2,(H,17,18). The van der Waals surface area contributed by atoms with Crippen LogP contribution in [0.5, 0.6) is 0 Å². The molecule has 104 valence electrons. The SMILES string of the molecule is O=C(Nc1cccc(C(F)(F)F)c1)C1CCOCC1. The van der Waals surface area contributed by atoms with Crippen molar-refractivity contribution in [3.63, 3.8) is 0 Å². The number of carbonyl (C=O) groups excluding carboxylic acids is 1. The van der Waals surface area contributed by atoms with Crippen molar-refractivity contribution < 1.29 is 22.7 Å². The molecule has 1 N–H and O–H groups in total. The molecule has 1 aliphatic rings. The largest absolute Gasteiger partial charge is 0.416 e. The van der Waals surface area contributed by atoms with E-state index in [9.17, 15) is 18.0 Å². The molecule has 0 bridgehead atoms. The number of halogens is 3. The molecular weight excluding hydrogens is 259 g/mol. The van der Waals surface area contributed by atoms with Crippen LogP contribution in [0.4, 0.5) is 18.9 Å². The Bertz CT molecular complexity index is 453. The van der Waals surface area contributed by atoms with Crippen LogP contribution in [0.25, 0.3) is 0 Å². The summed E-state index contributed by atoms with van der Waals surface area (Å²) in [6, 6.07) is 4.65. The molecule has 19 heavy (non-hydrogen) atoms. The maximum Gasteiger partial charge on any atom is 0.416 e. The van der Waals surface area contributed by atoms with Crippen molar-refractivity contribution in [1.82, 2.24) is 0 Å². The minimum atomic E-state index is -4.40. The van der Waals surface area contributed by atoms with Crippen molar-refractivity contribution in [2.24, 2.45) is 5.92 Å². The number of benzene rings is 1. The summed E-state index contributed by atoms with van der Waals surface area (Å²) in [6.45, 7) is 1.03. The molecule has 1 amide bonds. The van der Waals surface area contributed by atoms with Crippen molar-refractivity contribution in [2.45, 2.75) is 19.0 Å². The van der Waals surface area contributed by atoms with Crippen LogP contribution in [0.3, 0.4) is 0 Å². The van der Waals surface area contributed by atoms with Crippen molar-refractivity contribution in [2.75, 3.05) is 18.5 Å². The molecular formula is C13H14F3NO2. The van der Waals surface area contributed by atoms with E-state index < -0.39 is 11.7 Å². The van der Waals surface area contributed by atoms with E-state index in [-0.39, 0.29) is 17.5 Å². The maximum absolute atomic E-state index is 12.5. The van der Waals surface area contributed by atoms with Gasteiger partial charge in [0, 0.05) is 24.8 Å². The van der Waals surface area contributed by atoms with Crippen LogP contribution >= 0.6 is 0 Å². The van der Waals surface area contributed by atoms with Gasteiger partial charge >= 0.3 is 6.18 Å². The number of carbonyl (C=O) groups is 1. The van der Waals surface area contributed by atoms with E-state index in [1.165, 1.54) is 12.1 Å². The molecule has 6 heteroatoms. The Hall–Kier alpha value is -1.56. The number of ether oxygens (including phenoxy) is 1. The Balaban J connectivity index is 2.04. The molecule has 0 aromatic heterocycles. The molecule has 0 spiro atoms. The van der Waals surface area contributed by atoms with Crippen molar-refractivity contribution in [3.8, 4) is 0 Å². The summed E-state index contributed by atoms with van der Waals surface area (Å²) in [6.07, 6.45) is -3.20. The number of amides is 1. The summed E-state index contributed by atoms with van der Waals surface area (Å²) in [5, 5.41) is 2.53. The fourth-order valence-electron chi connectivity index (χ4n) is 1.98. The van der Waals surface area contributed by atoms with Crippen LogP contribution in [-0.2, 0) is 15.7 Å². The van der Waals surface area contributed by atoms with E-state index >= 15 is 0 Å². The zero-order chi connectivity index (χ0) is 13.9. The van der Waals surface area contributed by atoms with Gasteiger partial charge in [-0.15, -0.1) is 0 Å². The lowest BCUT2D eigenvalue weighted by molar-refractivity contribution is -0.137. The first-order valence-electron chi connectivity index (χ1n) is 6.02. The highest BCUT2D eigenvalue weighted by atomic mass is 19.4. The third kappa shape index (κ3) is 3.70. The molecule has 1 aromatic carbocycles. The average Bonchev–Trinajstić information content (AvgIpc) is 2.39. The normalized spacial score (nSPS) is 17.2. The van der Waals surface area contributed by atoms with Crippen LogP contribution in [0, 0.1) is 5.92 Å². The number of alkyl halides is 3. The van der Waals surface area contributed by atoms with Gasteiger partial charge in [-0.1, -0.05) is 6.07 Å². The van der Waals surface area contributed by atoms with Crippen LogP contribution in [0.1, 0.15) is 18.4 Å². The van der Waals surface area contributed by atoms with Gasteiger partial charge in [0.25, 0.3) is 0 Å². The maximum atomic E-state index is 12.5. The topological polar surface area (TPSA) is 38.3 Å². The number of hydrogen-bond acceptors (Lipinski definition) is 2. The van der Waals surface area contributed by atoms with Gasteiger partial charge < -0.3 is 10.1 Å². The van der Waals surface area contributed by atoms with Gasteiger partial charge in [0.15, 0.2) is 0 Å². The smallest absolute Gasteiger partial charge is 0.381 e. The van der Waals surface area contributed by atoms with Crippen molar-refractivity contribution in [1.29, 1.82) is 0 Å². The van der Waals surface area contributed by atoms with E-state index in [0.717, 1.165) is 12.1 Å². The van der Waals surface area contributed by atoms with Gasteiger partial charge in [0.05, 0.1) is 5.56 Å². The lowest BCUT2D eigenvalue weighted by Gasteiger charge is -2.21. The van der Waals surface area contributed by atoms with E-state index in [1.54, 1.807) is 0 Å². The molecule has 0 unspecified atom stereocenters. The Morgan fingerprint density at radius 2 is 1.95 bits per heavy atom. The summed E-state index contributed by atoms with van der Waals surface area (Å²) < 4.78 is 42.7. The summed E-state index contributed by atoms with van der Waals surface area (Å²) in [7, 11) is 0. The van der Waals surface area contributed by atoms with Crippen LogP contribution in [-0.4, -0.2) is 19.1 Å². The first-order valence-corrected chi connectivity index (χ1v) is 6.02. The van der Waals surface area contributed by atoms with Gasteiger partial charge in [0.2, 0.25) is 5.91 Å². The summed E-state index contributed by atoms with van der Waals surface area (Å²) in [4.78, 5) is 11.9. The predicted molar refractivity (Wildman–Crippen MR) is 63.6 cm³/mol. The van der Waals surface area contributed by atoms with Crippen molar-refractivity contribution in [3.05, 3.63) is 29.8 Å². The van der Waals surface area contributed by atoms with Gasteiger partial charge in [-0.05, 0) is 31.0 Å². The number of rotatable bonds is 2. The van der Waals surface area contributed by atoms with E-state index in [0.29, 0.717) is 26.1 Å². The highest BCUT2D eigenvalue weighted by molar-refractivity contribution is 5.92. The molecule has 1 aromatic rings. The second-order valence-corrected chi connectivity index (χ2v) is 4.45. The van der Waals surface area contributed by atoms with Gasteiger partial charge in [0.1, 0.15) is 0 Å². The Morgan fingerprint density at radius 1 is 1.26 bits per heavy atom. The van der Waals surface area contributed by atoms with E-state index in [1.807, 2.05) is 0 Å². The monoisotopic (exact) mass is 273 g/mol. The van der Waals surface area contributed by atoms with Gasteiger partial charge in [-0.3, -0.25) is 4.79 Å². The van der Waals surface area contributed by atoms with Crippen LogP contribution < -0.4 is 5.32 Å². The number of anilines is 1. The Labute approximate surface area is 108 Å². The number of hydrogen-bond donors (Lipinski definition) is 1. The van der Waals surface area contributed by atoms with Gasteiger partial charge in [-0.2, -0.15) is 13.2 Å². The zero-order valence-electron chi connectivity index (χ0n) is 10.2. The van der Waals surface area contributed by atoms with E-state index in [2.05, 4.69) is 5.32 Å². The Kier molecular flexibility index (Phi) is 4.09. The molecule has 3 nitrogen and oxygen atoms in total. The number of nitrogens with one attached hydrogen (secondary N) is 1. The lowest BCUT2D eigenvalue weighted by atomic mass is 9.99. The molecule has 0 saturated carbocycles. The highest BCUT2D eigenvalue weighted by Crippen LogP contribution is 2.30. The molecule has 0 atom stereocenters. The molecule has 1 heterocycles.